The Morgan fingerprint density at radius 3 is 2.84 bits per heavy atom. The lowest BCUT2D eigenvalue weighted by Crippen LogP contribution is -2.20. The predicted octanol–water partition coefficient (Wildman–Crippen LogP) is 1.94. The van der Waals surface area contributed by atoms with Crippen LogP contribution in [0.15, 0.2) is 30.6 Å². The summed E-state index contributed by atoms with van der Waals surface area (Å²) < 4.78 is 0. The van der Waals surface area contributed by atoms with Crippen molar-refractivity contribution in [2.24, 2.45) is 0 Å². The topological polar surface area (TPSA) is 82.5 Å². The van der Waals surface area contributed by atoms with E-state index < -0.39 is 12.1 Å². The Kier molecular flexibility index (Phi) is 4.19. The molecule has 6 heteroatoms. The molecule has 0 saturated heterocycles. The van der Waals surface area contributed by atoms with Gasteiger partial charge in [0.15, 0.2) is 0 Å². The van der Waals surface area contributed by atoms with Gasteiger partial charge in [0.05, 0.1) is 17.5 Å². The van der Waals surface area contributed by atoms with Crippen LogP contribution in [0.2, 0.25) is 0 Å². The molecule has 0 amide bonds. The lowest BCUT2D eigenvalue weighted by molar-refractivity contribution is 0.0699. The van der Waals surface area contributed by atoms with Crippen molar-refractivity contribution in [3.63, 3.8) is 0 Å². The molecule has 0 fully saturated rings. The van der Waals surface area contributed by atoms with Crippen LogP contribution in [-0.4, -0.2) is 39.7 Å². The molecule has 3 N–H and O–H groups in total. The molecule has 0 aliphatic heterocycles. The number of aromatic nitrogens is 1. The van der Waals surface area contributed by atoms with E-state index in [1.54, 1.807) is 24.5 Å². The summed E-state index contributed by atoms with van der Waals surface area (Å²) >= 11 is 5.52. The lowest BCUT2D eigenvalue weighted by Gasteiger charge is -2.13. The first-order chi connectivity index (χ1) is 9.13. The molecule has 2 rings (SSSR count). The van der Waals surface area contributed by atoms with Gasteiger partial charge in [-0.3, -0.25) is 4.98 Å². The molecule has 0 radical (unpaired) electrons. The summed E-state index contributed by atoms with van der Waals surface area (Å²) in [6.07, 6.45) is 2.48. The van der Waals surface area contributed by atoms with Crippen molar-refractivity contribution in [1.29, 1.82) is 0 Å². The highest BCUT2D eigenvalue weighted by Crippen LogP contribution is 2.26. The van der Waals surface area contributed by atoms with Gasteiger partial charge < -0.3 is 15.5 Å². The molecule has 0 bridgehead atoms. The summed E-state index contributed by atoms with van der Waals surface area (Å²) in [7, 11) is 0. The summed E-state index contributed by atoms with van der Waals surface area (Å²) in [5.74, 6) is -0.848. The van der Waals surface area contributed by atoms with E-state index in [1.165, 1.54) is 6.07 Å². The second-order valence-corrected chi connectivity index (χ2v) is 4.38. The van der Waals surface area contributed by atoms with E-state index in [0.717, 1.165) is 5.69 Å². The van der Waals surface area contributed by atoms with Gasteiger partial charge in [-0.25, -0.2) is 4.79 Å². The molecule has 19 heavy (non-hydrogen) atoms. The van der Waals surface area contributed by atoms with E-state index in [-0.39, 0.29) is 11.4 Å². The normalized spacial score (nSPS) is 12.3. The van der Waals surface area contributed by atoms with Crippen molar-refractivity contribution in [2.45, 2.75) is 6.10 Å². The Balaban J connectivity index is 2.41. The van der Waals surface area contributed by atoms with Gasteiger partial charge in [0, 0.05) is 35.4 Å². The molecule has 0 aliphatic rings. The number of pyridine rings is 1. The Morgan fingerprint density at radius 1 is 1.37 bits per heavy atom. The largest absolute Gasteiger partial charge is 0.478 e. The molecular weight excluding hydrogens is 268 g/mol. The third kappa shape index (κ3) is 2.94. The van der Waals surface area contributed by atoms with Crippen molar-refractivity contribution in [3.8, 4) is 0 Å². The number of hydrogen-bond acceptors (Lipinski definition) is 4. The number of anilines is 1. The molecule has 1 atom stereocenters. The Labute approximate surface area is 114 Å². The standard InChI is InChI=1S/C13H13ClN2O3/c14-5-8(17)6-16-12-2-1-10(13(18)19)9-3-4-15-7-11(9)12/h1-4,7-8,16-17H,5-6H2,(H,18,19). The van der Waals surface area contributed by atoms with E-state index in [9.17, 15) is 9.90 Å². The average molecular weight is 281 g/mol. The van der Waals surface area contributed by atoms with Crippen LogP contribution in [0.4, 0.5) is 5.69 Å². The number of aliphatic hydroxyl groups is 1. The van der Waals surface area contributed by atoms with Crippen LogP contribution < -0.4 is 5.32 Å². The minimum atomic E-state index is -0.983. The highest BCUT2D eigenvalue weighted by Gasteiger charge is 2.11. The van der Waals surface area contributed by atoms with Gasteiger partial charge in [0.1, 0.15) is 0 Å². The number of aromatic carboxylic acids is 1. The van der Waals surface area contributed by atoms with E-state index in [1.807, 2.05) is 0 Å². The Hall–Kier alpha value is -1.85. The number of nitrogens with zero attached hydrogens (tertiary/aromatic N) is 1. The van der Waals surface area contributed by atoms with Gasteiger partial charge in [0.2, 0.25) is 0 Å². The number of rotatable bonds is 5. The maximum atomic E-state index is 11.1. The molecule has 1 heterocycles. The van der Waals surface area contributed by atoms with Gasteiger partial charge in [-0.05, 0) is 18.2 Å². The summed E-state index contributed by atoms with van der Waals surface area (Å²) in [6.45, 7) is 0.292. The zero-order valence-corrected chi connectivity index (χ0v) is 10.8. The average Bonchev–Trinajstić information content (AvgIpc) is 2.43. The summed E-state index contributed by atoms with van der Waals surface area (Å²) in [5, 5.41) is 22.9. The molecule has 1 unspecified atom stereocenters. The summed E-state index contributed by atoms with van der Waals surface area (Å²) in [4.78, 5) is 15.1. The second kappa shape index (κ2) is 5.86. The molecule has 1 aromatic heterocycles. The number of alkyl halides is 1. The molecule has 2 aromatic rings. The number of carboxylic acids is 1. The third-order valence-electron chi connectivity index (χ3n) is 2.75. The van der Waals surface area contributed by atoms with Crippen LogP contribution in [0.5, 0.6) is 0 Å². The molecule has 5 nitrogen and oxygen atoms in total. The molecule has 100 valence electrons. The first-order valence-electron chi connectivity index (χ1n) is 5.71. The number of hydrogen-bond donors (Lipinski definition) is 3. The maximum absolute atomic E-state index is 11.1. The molecule has 0 aliphatic carbocycles. The fraction of sp³-hybridized carbons (Fsp3) is 0.231. The van der Waals surface area contributed by atoms with Gasteiger partial charge in [-0.2, -0.15) is 0 Å². The summed E-state index contributed by atoms with van der Waals surface area (Å²) in [6, 6.07) is 4.84. The molecular formula is C13H13ClN2O3. The summed E-state index contributed by atoms with van der Waals surface area (Å²) in [5.41, 5.74) is 0.943. The monoisotopic (exact) mass is 280 g/mol. The van der Waals surface area contributed by atoms with E-state index in [2.05, 4.69) is 10.3 Å². The molecule has 1 aromatic carbocycles. The van der Waals surface area contributed by atoms with Crippen molar-refractivity contribution in [3.05, 3.63) is 36.2 Å². The number of halogens is 1. The van der Waals surface area contributed by atoms with Crippen molar-refractivity contribution in [1.82, 2.24) is 4.98 Å². The fourth-order valence-corrected chi connectivity index (χ4v) is 1.92. The van der Waals surface area contributed by atoms with Crippen molar-refractivity contribution >= 4 is 34.0 Å². The van der Waals surface area contributed by atoms with E-state index in [0.29, 0.717) is 17.3 Å². The van der Waals surface area contributed by atoms with Gasteiger partial charge in [-0.15, -0.1) is 11.6 Å². The minimum Gasteiger partial charge on any atom is -0.478 e. The second-order valence-electron chi connectivity index (χ2n) is 4.08. The quantitative estimate of drug-likeness (QED) is 0.729. The van der Waals surface area contributed by atoms with E-state index >= 15 is 0 Å². The third-order valence-corrected chi connectivity index (χ3v) is 3.11. The number of aliphatic hydroxyl groups excluding tert-OH is 1. The Morgan fingerprint density at radius 2 is 2.16 bits per heavy atom. The van der Waals surface area contributed by atoms with E-state index in [4.69, 9.17) is 16.7 Å². The van der Waals surface area contributed by atoms with Crippen LogP contribution in [0.25, 0.3) is 10.8 Å². The zero-order valence-electron chi connectivity index (χ0n) is 10.0. The highest BCUT2D eigenvalue weighted by atomic mass is 35.5. The number of benzene rings is 1. The van der Waals surface area contributed by atoms with Crippen molar-refractivity contribution in [2.75, 3.05) is 17.7 Å². The molecule has 0 saturated carbocycles. The Bertz CT molecular complexity index is 603. The smallest absolute Gasteiger partial charge is 0.336 e. The lowest BCUT2D eigenvalue weighted by atomic mass is 10.0. The van der Waals surface area contributed by atoms with Crippen LogP contribution >= 0.6 is 11.6 Å². The first-order valence-corrected chi connectivity index (χ1v) is 6.25. The first kappa shape index (κ1) is 13.6. The number of nitrogens with one attached hydrogen (secondary N) is 1. The van der Waals surface area contributed by atoms with Crippen LogP contribution in [0.3, 0.4) is 0 Å². The minimum absolute atomic E-state index is 0.135. The molecule has 0 spiro atoms. The number of carboxylic acid groups (broad SMARTS) is 1. The van der Waals surface area contributed by atoms with Crippen molar-refractivity contribution < 1.29 is 15.0 Å². The van der Waals surface area contributed by atoms with Gasteiger partial charge in [0.25, 0.3) is 0 Å². The highest BCUT2D eigenvalue weighted by molar-refractivity contribution is 6.18. The zero-order chi connectivity index (χ0) is 13.8. The van der Waals surface area contributed by atoms with Crippen LogP contribution in [0, 0.1) is 0 Å². The predicted molar refractivity (Wildman–Crippen MR) is 73.9 cm³/mol. The van der Waals surface area contributed by atoms with Crippen LogP contribution in [0.1, 0.15) is 10.4 Å². The number of fused-ring (bicyclic) bond motifs is 1. The SMILES string of the molecule is O=C(O)c1ccc(NCC(O)CCl)c2cnccc12. The van der Waals surface area contributed by atoms with Crippen LogP contribution in [-0.2, 0) is 0 Å². The fourth-order valence-electron chi connectivity index (χ4n) is 1.81. The van der Waals surface area contributed by atoms with Gasteiger partial charge in [-0.1, -0.05) is 0 Å². The maximum Gasteiger partial charge on any atom is 0.336 e. The number of carbonyl (C=O) groups is 1. The van der Waals surface area contributed by atoms with Gasteiger partial charge >= 0.3 is 5.97 Å².